The molecule has 1 aromatic rings. The van der Waals surface area contributed by atoms with E-state index >= 15 is 0 Å². The summed E-state index contributed by atoms with van der Waals surface area (Å²) in [4.78, 5) is 7.24. The molecule has 1 aliphatic carbocycles. The van der Waals surface area contributed by atoms with Crippen LogP contribution in [0.1, 0.15) is 44.6 Å². The molecule has 5 heteroatoms. The van der Waals surface area contributed by atoms with Crippen LogP contribution in [-0.2, 0) is 11.3 Å². The Hall–Kier alpha value is -1.59. The average Bonchev–Trinajstić information content (AvgIpc) is 2.64. The Bertz CT molecular complexity index is 543. The molecule has 1 fully saturated rings. The summed E-state index contributed by atoms with van der Waals surface area (Å²) in [5.41, 5.74) is 1.73. The molecule has 5 nitrogen and oxygen atoms in total. The number of benzene rings is 1. The minimum atomic E-state index is 0.369. The van der Waals surface area contributed by atoms with E-state index in [0.717, 1.165) is 58.1 Å². The van der Waals surface area contributed by atoms with Gasteiger partial charge in [0, 0.05) is 39.9 Å². The van der Waals surface area contributed by atoms with Crippen LogP contribution in [0, 0.1) is 5.41 Å². The van der Waals surface area contributed by atoms with E-state index in [1.54, 1.807) is 7.11 Å². The van der Waals surface area contributed by atoms with Gasteiger partial charge in [0.05, 0.1) is 0 Å². The highest BCUT2D eigenvalue weighted by Crippen LogP contribution is 2.44. The van der Waals surface area contributed by atoms with E-state index in [9.17, 15) is 0 Å². The zero-order chi connectivity index (χ0) is 19.4. The third-order valence-electron chi connectivity index (χ3n) is 5.47. The second kappa shape index (κ2) is 12.0. The van der Waals surface area contributed by atoms with Crippen molar-refractivity contribution in [3.05, 3.63) is 35.9 Å². The van der Waals surface area contributed by atoms with Gasteiger partial charge in [-0.25, -0.2) is 0 Å². The maximum Gasteiger partial charge on any atom is 0.191 e. The predicted molar refractivity (Wildman–Crippen MR) is 114 cm³/mol. The number of nitrogens with zero attached hydrogens (tertiary/aromatic N) is 2. The normalized spacial score (nSPS) is 16.2. The molecule has 0 unspecified atom stereocenters. The van der Waals surface area contributed by atoms with Crippen LogP contribution in [0.3, 0.4) is 0 Å². The van der Waals surface area contributed by atoms with E-state index in [1.807, 2.05) is 0 Å². The molecule has 2 rings (SSSR count). The number of rotatable bonds is 12. The molecule has 0 amide bonds. The molecule has 0 heterocycles. The van der Waals surface area contributed by atoms with E-state index in [4.69, 9.17) is 9.73 Å². The molecule has 1 saturated carbocycles. The third-order valence-corrected chi connectivity index (χ3v) is 5.47. The van der Waals surface area contributed by atoms with E-state index in [2.05, 4.69) is 59.8 Å². The third kappa shape index (κ3) is 7.89. The molecule has 0 aliphatic heterocycles. The van der Waals surface area contributed by atoms with E-state index < -0.39 is 0 Å². The van der Waals surface area contributed by atoms with Gasteiger partial charge in [-0.1, -0.05) is 36.8 Å². The molecule has 152 valence electrons. The Labute approximate surface area is 165 Å². The van der Waals surface area contributed by atoms with Gasteiger partial charge in [0.1, 0.15) is 0 Å². The maximum atomic E-state index is 5.29. The monoisotopic (exact) mass is 374 g/mol. The van der Waals surface area contributed by atoms with Gasteiger partial charge in [-0.15, -0.1) is 0 Å². The van der Waals surface area contributed by atoms with Crippen LogP contribution in [0.2, 0.25) is 0 Å². The summed E-state index contributed by atoms with van der Waals surface area (Å²) < 4.78 is 5.29. The number of guanidine groups is 1. The van der Waals surface area contributed by atoms with Crippen LogP contribution < -0.4 is 10.6 Å². The fraction of sp³-hybridized carbons (Fsp3) is 0.682. The molecular formula is C22H38N4O. The molecule has 27 heavy (non-hydrogen) atoms. The minimum absolute atomic E-state index is 0.369. The summed E-state index contributed by atoms with van der Waals surface area (Å²) >= 11 is 0. The topological polar surface area (TPSA) is 48.9 Å². The molecule has 0 saturated heterocycles. The number of aliphatic imine (C=N–C) groups is 1. The number of ether oxygens (including phenoxy) is 1. The fourth-order valence-corrected chi connectivity index (χ4v) is 3.60. The summed E-state index contributed by atoms with van der Waals surface area (Å²) in [7, 11) is 3.97. The molecule has 1 aromatic carbocycles. The first-order chi connectivity index (χ1) is 13.2. The number of hydrogen-bond acceptors (Lipinski definition) is 3. The molecule has 0 aromatic heterocycles. The Kier molecular flexibility index (Phi) is 9.64. The zero-order valence-electron chi connectivity index (χ0n) is 17.5. The van der Waals surface area contributed by atoms with Gasteiger partial charge >= 0.3 is 0 Å². The number of methoxy groups -OCH3 is 1. The molecule has 1 aliphatic rings. The van der Waals surface area contributed by atoms with Crippen molar-refractivity contribution in [2.45, 2.75) is 45.6 Å². The summed E-state index contributed by atoms with van der Waals surface area (Å²) in [6.45, 7) is 7.76. The van der Waals surface area contributed by atoms with Gasteiger partial charge in [-0.2, -0.15) is 0 Å². The first-order valence-electron chi connectivity index (χ1n) is 10.4. The quantitative estimate of drug-likeness (QED) is 0.335. The highest BCUT2D eigenvalue weighted by Gasteiger charge is 2.36. The zero-order valence-corrected chi connectivity index (χ0v) is 17.5. The molecule has 0 atom stereocenters. The number of hydrogen-bond donors (Lipinski definition) is 2. The number of nitrogens with one attached hydrogen (secondary N) is 2. The Morgan fingerprint density at radius 2 is 2.00 bits per heavy atom. The van der Waals surface area contributed by atoms with Crippen LogP contribution >= 0.6 is 0 Å². The molecule has 0 spiro atoms. The summed E-state index contributed by atoms with van der Waals surface area (Å²) in [6.07, 6.45) is 6.11. The van der Waals surface area contributed by atoms with Crippen molar-refractivity contribution in [2.24, 2.45) is 10.4 Å². The lowest BCUT2D eigenvalue weighted by Crippen LogP contribution is -2.41. The van der Waals surface area contributed by atoms with E-state index in [1.165, 1.54) is 24.8 Å². The predicted octanol–water partition coefficient (Wildman–Crippen LogP) is 3.27. The molecular weight excluding hydrogens is 336 g/mol. The van der Waals surface area contributed by atoms with Gasteiger partial charge in [0.25, 0.3) is 0 Å². The van der Waals surface area contributed by atoms with Crippen LogP contribution in [-0.4, -0.2) is 57.8 Å². The Morgan fingerprint density at radius 1 is 1.22 bits per heavy atom. The van der Waals surface area contributed by atoms with Gasteiger partial charge in [-0.3, -0.25) is 4.99 Å². The second-order valence-corrected chi connectivity index (χ2v) is 7.80. The van der Waals surface area contributed by atoms with Crippen LogP contribution in [0.4, 0.5) is 0 Å². The lowest BCUT2D eigenvalue weighted by molar-refractivity contribution is 0.0778. The molecule has 0 radical (unpaired) electrons. The van der Waals surface area contributed by atoms with Crippen LogP contribution in [0.5, 0.6) is 0 Å². The smallest absolute Gasteiger partial charge is 0.191 e. The second-order valence-electron chi connectivity index (χ2n) is 7.80. The average molecular weight is 375 g/mol. The summed E-state index contributed by atoms with van der Waals surface area (Å²) in [5.74, 6) is 0.951. The summed E-state index contributed by atoms with van der Waals surface area (Å²) in [5, 5.41) is 6.88. The SMILES string of the molecule is CCNC(=NCC1(CCOC)CCC1)NCCCN(C)Cc1ccccc1. The Morgan fingerprint density at radius 3 is 2.63 bits per heavy atom. The van der Waals surface area contributed by atoms with Crippen molar-refractivity contribution >= 4 is 5.96 Å². The van der Waals surface area contributed by atoms with Gasteiger partial charge in [0.2, 0.25) is 0 Å². The van der Waals surface area contributed by atoms with Gasteiger partial charge < -0.3 is 20.3 Å². The fourth-order valence-electron chi connectivity index (χ4n) is 3.60. The molecule has 0 bridgehead atoms. The molecule has 2 N–H and O–H groups in total. The van der Waals surface area contributed by atoms with Crippen molar-refractivity contribution in [1.29, 1.82) is 0 Å². The van der Waals surface area contributed by atoms with Gasteiger partial charge in [0.15, 0.2) is 5.96 Å². The van der Waals surface area contributed by atoms with E-state index in [0.29, 0.717) is 5.41 Å². The van der Waals surface area contributed by atoms with Crippen molar-refractivity contribution in [3.63, 3.8) is 0 Å². The lowest BCUT2D eigenvalue weighted by atomic mass is 9.67. The lowest BCUT2D eigenvalue weighted by Gasteiger charge is -2.40. The van der Waals surface area contributed by atoms with E-state index in [-0.39, 0.29) is 0 Å². The first kappa shape index (κ1) is 21.7. The maximum absolute atomic E-state index is 5.29. The van der Waals surface area contributed by atoms with Crippen molar-refractivity contribution < 1.29 is 4.74 Å². The highest BCUT2D eigenvalue weighted by atomic mass is 16.5. The van der Waals surface area contributed by atoms with Crippen molar-refractivity contribution in [1.82, 2.24) is 15.5 Å². The van der Waals surface area contributed by atoms with Gasteiger partial charge in [-0.05, 0) is 57.2 Å². The standard InChI is InChI=1S/C22H38N4O/c1-4-23-21(25-19-22(12-8-13-22)14-17-27-3)24-15-9-16-26(2)18-20-10-6-5-7-11-20/h5-7,10-11H,4,8-9,12-19H2,1-3H3,(H2,23,24,25). The minimum Gasteiger partial charge on any atom is -0.385 e. The summed E-state index contributed by atoms with van der Waals surface area (Å²) in [6, 6.07) is 10.6. The largest absolute Gasteiger partial charge is 0.385 e. The van der Waals surface area contributed by atoms with Crippen LogP contribution in [0.15, 0.2) is 35.3 Å². The highest BCUT2D eigenvalue weighted by molar-refractivity contribution is 5.79. The van der Waals surface area contributed by atoms with Crippen LogP contribution in [0.25, 0.3) is 0 Å². The van der Waals surface area contributed by atoms with Crippen molar-refractivity contribution in [3.8, 4) is 0 Å². The Balaban J connectivity index is 1.70. The van der Waals surface area contributed by atoms with Crippen molar-refractivity contribution in [2.75, 3.05) is 46.9 Å². The first-order valence-corrected chi connectivity index (χ1v) is 10.4.